The van der Waals surface area contributed by atoms with E-state index < -0.39 is 0 Å². The molecule has 0 saturated carbocycles. The number of nitrogens with zero attached hydrogens (tertiary/aromatic N) is 4. The molecule has 0 atom stereocenters. The van der Waals surface area contributed by atoms with E-state index in [2.05, 4.69) is 46.1 Å². The van der Waals surface area contributed by atoms with E-state index in [0.717, 1.165) is 18.8 Å². The Morgan fingerprint density at radius 3 is 2.57 bits per heavy atom. The van der Waals surface area contributed by atoms with E-state index in [1.807, 2.05) is 22.9 Å². The van der Waals surface area contributed by atoms with E-state index in [1.54, 1.807) is 19.5 Å². The average molecular weight is 375 g/mol. The predicted octanol–water partition coefficient (Wildman–Crippen LogP) is 4.51. The molecule has 1 aromatic carbocycles. The molecule has 1 saturated heterocycles. The van der Waals surface area contributed by atoms with Crippen molar-refractivity contribution in [2.45, 2.75) is 19.3 Å². The number of hydrogen-bond acceptors (Lipinski definition) is 5. The summed E-state index contributed by atoms with van der Waals surface area (Å²) < 4.78 is 7.35. The minimum Gasteiger partial charge on any atom is -0.463 e. The Bertz CT molecular complexity index is 996. The SMILES string of the molecule is C=Cn1cc(-c2ccco2)nc(Nc2ccc(N3CCCCC3)cc2)c1=NC. The monoisotopic (exact) mass is 375 g/mol. The minimum atomic E-state index is 0.655. The number of piperidine rings is 1. The molecule has 28 heavy (non-hydrogen) atoms. The van der Waals surface area contributed by atoms with Crippen LogP contribution in [0.1, 0.15) is 19.3 Å². The van der Waals surface area contributed by atoms with Gasteiger partial charge in [-0.15, -0.1) is 0 Å². The minimum absolute atomic E-state index is 0.655. The molecule has 0 amide bonds. The quantitative estimate of drug-likeness (QED) is 0.713. The largest absolute Gasteiger partial charge is 0.463 e. The molecule has 0 radical (unpaired) electrons. The maximum Gasteiger partial charge on any atom is 0.175 e. The molecule has 0 aliphatic carbocycles. The third kappa shape index (κ3) is 3.71. The van der Waals surface area contributed by atoms with Gasteiger partial charge in [-0.1, -0.05) is 6.58 Å². The van der Waals surface area contributed by atoms with Crippen LogP contribution in [-0.4, -0.2) is 29.7 Å². The smallest absolute Gasteiger partial charge is 0.175 e. The Balaban J connectivity index is 1.65. The van der Waals surface area contributed by atoms with Gasteiger partial charge in [0.25, 0.3) is 0 Å². The lowest BCUT2D eigenvalue weighted by molar-refractivity contribution is 0.578. The molecule has 4 rings (SSSR count). The van der Waals surface area contributed by atoms with Crippen LogP contribution in [0.4, 0.5) is 17.2 Å². The summed E-state index contributed by atoms with van der Waals surface area (Å²) in [4.78, 5) is 11.5. The second-order valence-corrected chi connectivity index (χ2v) is 6.81. The lowest BCUT2D eigenvalue weighted by atomic mass is 10.1. The van der Waals surface area contributed by atoms with Crippen molar-refractivity contribution in [3.63, 3.8) is 0 Å². The van der Waals surface area contributed by atoms with Crippen molar-refractivity contribution >= 4 is 23.4 Å². The topological polar surface area (TPSA) is 58.6 Å². The number of benzene rings is 1. The zero-order chi connectivity index (χ0) is 19.3. The van der Waals surface area contributed by atoms with Crippen LogP contribution in [0.15, 0.2) is 64.8 Å². The van der Waals surface area contributed by atoms with Crippen molar-refractivity contribution in [1.29, 1.82) is 0 Å². The Morgan fingerprint density at radius 2 is 1.93 bits per heavy atom. The molecule has 1 aliphatic rings. The summed E-state index contributed by atoms with van der Waals surface area (Å²) in [7, 11) is 1.74. The Kier molecular flexibility index (Phi) is 5.28. The molecule has 0 bridgehead atoms. The second kappa shape index (κ2) is 8.17. The number of anilines is 3. The number of rotatable bonds is 5. The van der Waals surface area contributed by atoms with E-state index in [4.69, 9.17) is 9.40 Å². The molecule has 3 aromatic rings. The fourth-order valence-corrected chi connectivity index (χ4v) is 3.55. The maximum atomic E-state index is 5.51. The lowest BCUT2D eigenvalue weighted by Gasteiger charge is -2.28. The third-order valence-electron chi connectivity index (χ3n) is 4.98. The van der Waals surface area contributed by atoms with Crippen molar-refractivity contribution < 1.29 is 4.42 Å². The van der Waals surface area contributed by atoms with Gasteiger partial charge in [0.15, 0.2) is 17.1 Å². The normalized spacial score (nSPS) is 14.9. The van der Waals surface area contributed by atoms with Crippen molar-refractivity contribution in [2.75, 3.05) is 30.4 Å². The van der Waals surface area contributed by atoms with Gasteiger partial charge in [-0.25, -0.2) is 4.98 Å². The standard InChI is InChI=1S/C22H25N5O/c1-3-26-16-19(20-8-7-15-28-20)25-21(22(26)23-2)24-17-9-11-18(12-10-17)27-13-5-4-6-14-27/h3,7-12,15-16H,1,4-6,13-14H2,2H3,(H,24,25). The van der Waals surface area contributed by atoms with Crippen LogP contribution >= 0.6 is 0 Å². The first kappa shape index (κ1) is 18.1. The molecule has 1 aliphatic heterocycles. The second-order valence-electron chi connectivity index (χ2n) is 6.81. The summed E-state index contributed by atoms with van der Waals surface area (Å²) in [6.07, 6.45) is 9.08. The van der Waals surface area contributed by atoms with Crippen molar-refractivity contribution in [1.82, 2.24) is 9.55 Å². The molecule has 6 nitrogen and oxygen atoms in total. The fraction of sp³-hybridized carbons (Fsp3) is 0.273. The highest BCUT2D eigenvalue weighted by Crippen LogP contribution is 2.24. The molecule has 1 N–H and O–H groups in total. The van der Waals surface area contributed by atoms with E-state index in [-0.39, 0.29) is 0 Å². The fourth-order valence-electron chi connectivity index (χ4n) is 3.55. The first-order valence-corrected chi connectivity index (χ1v) is 9.63. The van der Waals surface area contributed by atoms with Gasteiger partial charge in [-0.05, 0) is 55.7 Å². The molecule has 0 unspecified atom stereocenters. The zero-order valence-corrected chi connectivity index (χ0v) is 16.1. The van der Waals surface area contributed by atoms with Crippen molar-refractivity contribution in [3.05, 3.63) is 60.9 Å². The molecule has 1 fully saturated rings. The van der Waals surface area contributed by atoms with Crippen LogP contribution in [0.3, 0.4) is 0 Å². The highest BCUT2D eigenvalue weighted by Gasteiger charge is 2.12. The van der Waals surface area contributed by atoms with Gasteiger partial charge in [0, 0.05) is 43.9 Å². The summed E-state index contributed by atoms with van der Waals surface area (Å²) in [5, 5.41) is 3.40. The number of nitrogens with one attached hydrogen (secondary N) is 1. The summed E-state index contributed by atoms with van der Waals surface area (Å²) in [6, 6.07) is 12.2. The van der Waals surface area contributed by atoms with E-state index in [0.29, 0.717) is 22.8 Å². The third-order valence-corrected chi connectivity index (χ3v) is 4.98. The summed E-state index contributed by atoms with van der Waals surface area (Å²) in [5.74, 6) is 1.35. The average Bonchev–Trinajstić information content (AvgIpc) is 3.29. The molecular formula is C22H25N5O. The summed E-state index contributed by atoms with van der Waals surface area (Å²) >= 11 is 0. The van der Waals surface area contributed by atoms with Crippen LogP contribution in [0.5, 0.6) is 0 Å². The van der Waals surface area contributed by atoms with Gasteiger partial charge >= 0.3 is 0 Å². The maximum absolute atomic E-state index is 5.51. The lowest BCUT2D eigenvalue weighted by Crippen LogP contribution is -2.29. The van der Waals surface area contributed by atoms with Gasteiger partial charge in [-0.2, -0.15) is 0 Å². The summed E-state index contributed by atoms with van der Waals surface area (Å²) in [6.45, 7) is 6.16. The zero-order valence-electron chi connectivity index (χ0n) is 16.1. The van der Waals surface area contributed by atoms with Crippen molar-refractivity contribution in [3.8, 4) is 11.5 Å². The highest BCUT2D eigenvalue weighted by atomic mass is 16.3. The number of furan rings is 1. The molecule has 144 valence electrons. The van der Waals surface area contributed by atoms with Gasteiger partial charge in [0.1, 0.15) is 5.69 Å². The molecule has 0 spiro atoms. The first-order valence-electron chi connectivity index (χ1n) is 9.63. The summed E-state index contributed by atoms with van der Waals surface area (Å²) in [5.41, 5.74) is 3.64. The van der Waals surface area contributed by atoms with Crippen LogP contribution in [0.2, 0.25) is 0 Å². The van der Waals surface area contributed by atoms with Crippen LogP contribution < -0.4 is 15.7 Å². The van der Waals surface area contributed by atoms with Gasteiger partial charge in [-0.3, -0.25) is 4.99 Å². The van der Waals surface area contributed by atoms with Gasteiger partial charge in [0.05, 0.1) is 6.26 Å². The first-order chi connectivity index (χ1) is 13.8. The number of aromatic nitrogens is 2. The Hall–Kier alpha value is -3.28. The highest BCUT2D eigenvalue weighted by molar-refractivity contribution is 5.63. The predicted molar refractivity (Wildman–Crippen MR) is 114 cm³/mol. The van der Waals surface area contributed by atoms with Gasteiger partial charge < -0.3 is 19.2 Å². The van der Waals surface area contributed by atoms with Crippen LogP contribution in [0.25, 0.3) is 17.7 Å². The molecule has 6 heteroatoms. The number of hydrogen-bond donors (Lipinski definition) is 1. The molecular weight excluding hydrogens is 350 g/mol. The Morgan fingerprint density at radius 1 is 1.14 bits per heavy atom. The van der Waals surface area contributed by atoms with E-state index in [1.165, 1.54) is 24.9 Å². The van der Waals surface area contributed by atoms with Crippen molar-refractivity contribution in [2.24, 2.45) is 4.99 Å². The van der Waals surface area contributed by atoms with Crippen LogP contribution in [0, 0.1) is 0 Å². The van der Waals surface area contributed by atoms with E-state index >= 15 is 0 Å². The molecule has 3 heterocycles. The molecule has 2 aromatic heterocycles. The van der Waals surface area contributed by atoms with Gasteiger partial charge in [0.2, 0.25) is 0 Å². The van der Waals surface area contributed by atoms with E-state index in [9.17, 15) is 0 Å². The van der Waals surface area contributed by atoms with Crippen LogP contribution in [-0.2, 0) is 0 Å². The Labute approximate surface area is 164 Å².